The van der Waals surface area contributed by atoms with Crippen molar-refractivity contribution in [2.24, 2.45) is 0 Å². The lowest BCUT2D eigenvalue weighted by molar-refractivity contribution is -0.145. The molecular weight excluding hydrogens is 415 g/mol. The van der Waals surface area contributed by atoms with Gasteiger partial charge in [-0.1, -0.05) is 13.8 Å². The van der Waals surface area contributed by atoms with Crippen molar-refractivity contribution in [3.63, 3.8) is 0 Å². The molecule has 3 fully saturated rings. The van der Waals surface area contributed by atoms with Crippen LogP contribution in [0.1, 0.15) is 50.0 Å². The molecule has 2 amide bonds. The van der Waals surface area contributed by atoms with Gasteiger partial charge in [-0.3, -0.25) is 9.59 Å². The summed E-state index contributed by atoms with van der Waals surface area (Å²) in [5.41, 5.74) is 1.09. The molecule has 0 aromatic carbocycles. The molecular formula is C23H31FN4O4. The lowest BCUT2D eigenvalue weighted by Gasteiger charge is -2.42. The number of rotatable bonds is 9. The minimum absolute atomic E-state index is 0.0777. The maximum atomic E-state index is 13.3. The number of nitrogens with one attached hydrogen (secondary N) is 1. The Morgan fingerprint density at radius 1 is 1.22 bits per heavy atom. The van der Waals surface area contributed by atoms with E-state index in [9.17, 15) is 14.0 Å². The van der Waals surface area contributed by atoms with Crippen LogP contribution < -0.4 is 15.0 Å². The minimum atomic E-state index is -1.09. The van der Waals surface area contributed by atoms with Crippen LogP contribution in [0.3, 0.4) is 0 Å². The van der Waals surface area contributed by atoms with Gasteiger partial charge in [-0.25, -0.2) is 9.37 Å². The van der Waals surface area contributed by atoms with Crippen molar-refractivity contribution in [2.45, 2.75) is 57.3 Å². The standard InChI is InChI=1S/C23H31FN4O4/c1-4-23(5-2,22(30)28-10-16(24)11-28)26-20(29)18-8-9-19(27-12-17(13-27)31-3)21(25-18)32-14-15-6-7-15/h8-9,14,16-17H,4-7,10-13H2,1-3H3,(H,26,29). The highest BCUT2D eigenvalue weighted by molar-refractivity contribution is 5.98. The summed E-state index contributed by atoms with van der Waals surface area (Å²) in [7, 11) is 1.69. The van der Waals surface area contributed by atoms with Crippen LogP contribution in [-0.4, -0.2) is 72.8 Å². The number of aromatic nitrogens is 1. The first-order chi connectivity index (χ1) is 15.4. The van der Waals surface area contributed by atoms with Crippen LogP contribution in [0.4, 0.5) is 10.1 Å². The van der Waals surface area contributed by atoms with E-state index in [1.807, 2.05) is 19.9 Å². The summed E-state index contributed by atoms with van der Waals surface area (Å²) >= 11 is 0. The number of nitrogens with zero attached hydrogens (tertiary/aromatic N) is 3. The summed E-state index contributed by atoms with van der Waals surface area (Å²) in [5.74, 6) is -0.338. The lowest BCUT2D eigenvalue weighted by atomic mass is 9.89. The SMILES string of the molecule is CCC(CC)(NC(=O)c1ccc(N2CC(OC)C2)c(OC=C2CC2)n1)C(=O)N1CC(F)C1. The van der Waals surface area contributed by atoms with Crippen LogP contribution in [0.5, 0.6) is 5.88 Å². The Kier molecular flexibility index (Phi) is 6.37. The number of hydrogen-bond donors (Lipinski definition) is 1. The molecule has 1 N–H and O–H groups in total. The van der Waals surface area contributed by atoms with Gasteiger partial charge in [0.1, 0.15) is 23.1 Å². The number of amides is 2. The first-order valence-corrected chi connectivity index (χ1v) is 11.3. The number of methoxy groups -OCH3 is 1. The molecule has 8 nitrogen and oxygen atoms in total. The molecule has 1 aliphatic carbocycles. The van der Waals surface area contributed by atoms with E-state index in [4.69, 9.17) is 9.47 Å². The molecule has 3 aliphatic rings. The smallest absolute Gasteiger partial charge is 0.270 e. The van der Waals surface area contributed by atoms with E-state index in [1.165, 1.54) is 10.5 Å². The number of anilines is 1. The Hall–Kier alpha value is -2.68. The van der Waals surface area contributed by atoms with Crippen molar-refractivity contribution in [1.82, 2.24) is 15.2 Å². The molecule has 1 saturated carbocycles. The maximum absolute atomic E-state index is 13.3. The highest BCUT2D eigenvalue weighted by Crippen LogP contribution is 2.34. The average Bonchev–Trinajstić information content (AvgIpc) is 3.57. The fraction of sp³-hybridized carbons (Fsp3) is 0.609. The van der Waals surface area contributed by atoms with Crippen molar-refractivity contribution >= 4 is 17.5 Å². The van der Waals surface area contributed by atoms with E-state index in [0.29, 0.717) is 18.7 Å². The van der Waals surface area contributed by atoms with Gasteiger partial charge < -0.3 is 24.6 Å². The van der Waals surface area contributed by atoms with Gasteiger partial charge in [0.15, 0.2) is 0 Å². The molecule has 0 unspecified atom stereocenters. The van der Waals surface area contributed by atoms with Crippen LogP contribution in [0.15, 0.2) is 24.0 Å². The third kappa shape index (κ3) is 4.44. The maximum Gasteiger partial charge on any atom is 0.270 e. The first kappa shape index (κ1) is 22.5. The molecule has 0 radical (unpaired) electrons. The topological polar surface area (TPSA) is 84.0 Å². The molecule has 9 heteroatoms. The fourth-order valence-corrected chi connectivity index (χ4v) is 3.96. The molecule has 3 heterocycles. The van der Waals surface area contributed by atoms with Crippen molar-refractivity contribution < 1.29 is 23.5 Å². The van der Waals surface area contributed by atoms with Crippen LogP contribution in [0.2, 0.25) is 0 Å². The van der Waals surface area contributed by atoms with Gasteiger partial charge in [0, 0.05) is 20.2 Å². The molecule has 0 atom stereocenters. The summed E-state index contributed by atoms with van der Waals surface area (Å²) in [5, 5.41) is 2.89. The largest absolute Gasteiger partial charge is 0.445 e. The number of likely N-dealkylation sites (tertiary alicyclic amines) is 1. The summed E-state index contributed by atoms with van der Waals surface area (Å²) in [4.78, 5) is 34.1. The number of hydrogen-bond acceptors (Lipinski definition) is 6. The third-order valence-electron chi connectivity index (χ3n) is 6.56. The van der Waals surface area contributed by atoms with Crippen LogP contribution in [0.25, 0.3) is 0 Å². The van der Waals surface area contributed by atoms with Crippen molar-refractivity contribution in [3.8, 4) is 5.88 Å². The third-order valence-corrected chi connectivity index (χ3v) is 6.56. The number of allylic oxidation sites excluding steroid dienone is 1. The molecule has 0 spiro atoms. The Bertz CT molecular complexity index is 899. The highest BCUT2D eigenvalue weighted by Gasteiger charge is 2.44. The zero-order chi connectivity index (χ0) is 22.9. The fourth-order valence-electron chi connectivity index (χ4n) is 3.96. The molecule has 1 aromatic heterocycles. The number of pyridine rings is 1. The van der Waals surface area contributed by atoms with E-state index in [1.54, 1.807) is 19.4 Å². The zero-order valence-electron chi connectivity index (χ0n) is 18.9. The summed E-state index contributed by atoms with van der Waals surface area (Å²) in [6.07, 6.45) is 3.71. The van der Waals surface area contributed by atoms with Crippen LogP contribution in [0, 0.1) is 0 Å². The van der Waals surface area contributed by atoms with E-state index < -0.39 is 17.6 Å². The highest BCUT2D eigenvalue weighted by atomic mass is 19.1. The molecule has 32 heavy (non-hydrogen) atoms. The quantitative estimate of drug-likeness (QED) is 0.587. The predicted octanol–water partition coefficient (Wildman–Crippen LogP) is 2.44. The van der Waals surface area contributed by atoms with E-state index in [0.717, 1.165) is 31.6 Å². The molecule has 2 aliphatic heterocycles. The van der Waals surface area contributed by atoms with Crippen molar-refractivity contribution in [1.29, 1.82) is 0 Å². The number of carbonyl (C=O) groups is 2. The molecule has 174 valence electrons. The van der Waals surface area contributed by atoms with Gasteiger partial charge in [0.05, 0.1) is 25.5 Å². The van der Waals surface area contributed by atoms with Crippen molar-refractivity contribution in [3.05, 3.63) is 29.7 Å². The monoisotopic (exact) mass is 446 g/mol. The van der Waals surface area contributed by atoms with E-state index in [-0.39, 0.29) is 30.8 Å². The lowest BCUT2D eigenvalue weighted by Crippen LogP contribution is -2.64. The number of carbonyl (C=O) groups excluding carboxylic acids is 2. The van der Waals surface area contributed by atoms with Gasteiger partial charge >= 0.3 is 0 Å². The predicted molar refractivity (Wildman–Crippen MR) is 117 cm³/mol. The normalized spacial score (nSPS) is 18.7. The van der Waals surface area contributed by atoms with Gasteiger partial charge in [0.2, 0.25) is 11.8 Å². The Balaban J connectivity index is 1.53. The molecule has 2 saturated heterocycles. The molecule has 1 aromatic rings. The Morgan fingerprint density at radius 2 is 1.91 bits per heavy atom. The second-order valence-electron chi connectivity index (χ2n) is 8.73. The summed E-state index contributed by atoms with van der Waals surface area (Å²) < 4.78 is 24.5. The number of halogens is 1. The van der Waals surface area contributed by atoms with E-state index >= 15 is 0 Å². The average molecular weight is 447 g/mol. The Morgan fingerprint density at radius 3 is 2.47 bits per heavy atom. The second kappa shape index (κ2) is 9.05. The van der Waals surface area contributed by atoms with E-state index in [2.05, 4.69) is 15.2 Å². The summed E-state index contributed by atoms with van der Waals surface area (Å²) in [6, 6.07) is 3.46. The van der Waals surface area contributed by atoms with Crippen LogP contribution in [-0.2, 0) is 9.53 Å². The number of ether oxygens (including phenoxy) is 2. The van der Waals surface area contributed by atoms with Crippen molar-refractivity contribution in [2.75, 3.05) is 38.2 Å². The van der Waals surface area contributed by atoms with Gasteiger partial charge in [0.25, 0.3) is 5.91 Å². The van der Waals surface area contributed by atoms with Gasteiger partial charge in [-0.15, -0.1) is 0 Å². The molecule has 0 bridgehead atoms. The van der Waals surface area contributed by atoms with Gasteiger partial charge in [-0.2, -0.15) is 0 Å². The first-order valence-electron chi connectivity index (χ1n) is 11.3. The Labute approximate surface area is 187 Å². The zero-order valence-corrected chi connectivity index (χ0v) is 18.9. The van der Waals surface area contributed by atoms with Crippen LogP contribution >= 0.6 is 0 Å². The second-order valence-corrected chi connectivity index (χ2v) is 8.73. The summed E-state index contributed by atoms with van der Waals surface area (Å²) in [6.45, 7) is 5.30. The van der Waals surface area contributed by atoms with Gasteiger partial charge in [-0.05, 0) is 43.4 Å². The molecule has 4 rings (SSSR count). The number of alkyl halides is 1. The minimum Gasteiger partial charge on any atom is -0.445 e.